The average molecular weight is 484 g/mol. The molecule has 0 unspecified atom stereocenters. The molecule has 2 heterocycles. The number of anilines is 2. The highest BCUT2D eigenvalue weighted by Gasteiger charge is 2.33. The summed E-state index contributed by atoms with van der Waals surface area (Å²) in [5, 5.41) is 4.51. The first-order valence-corrected chi connectivity index (χ1v) is 13.3. The van der Waals surface area contributed by atoms with Gasteiger partial charge in [-0.25, -0.2) is 8.42 Å². The number of aryl methyl sites for hydroxylation is 4. The van der Waals surface area contributed by atoms with E-state index in [9.17, 15) is 13.2 Å². The Labute approximate surface area is 199 Å². The Kier molecular flexibility index (Phi) is 6.61. The monoisotopic (exact) mass is 483 g/mol. The van der Waals surface area contributed by atoms with Gasteiger partial charge in [-0.3, -0.25) is 4.79 Å². The van der Waals surface area contributed by atoms with Gasteiger partial charge in [0.15, 0.2) is 0 Å². The number of nitrogens with zero attached hydrogens (tertiary/aromatic N) is 2. The summed E-state index contributed by atoms with van der Waals surface area (Å²) in [5.74, 6) is -0.402. The fraction of sp³-hybridized carbons (Fsp3) is 0.320. The SMILES string of the molecule is Cc1ccc(C)c(N2CCN(S(=O)(=O)c3ccsc3C(=O)Nc3ccc(C)c(C)c3)CC2)c1. The van der Waals surface area contributed by atoms with E-state index in [4.69, 9.17) is 0 Å². The number of benzene rings is 2. The number of amides is 1. The molecular weight excluding hydrogens is 454 g/mol. The number of hydrogen-bond acceptors (Lipinski definition) is 5. The number of sulfonamides is 1. The Morgan fingerprint density at radius 2 is 1.58 bits per heavy atom. The van der Waals surface area contributed by atoms with Crippen molar-refractivity contribution < 1.29 is 13.2 Å². The molecule has 174 valence electrons. The molecule has 6 nitrogen and oxygen atoms in total. The summed E-state index contributed by atoms with van der Waals surface area (Å²) in [7, 11) is -3.77. The summed E-state index contributed by atoms with van der Waals surface area (Å²) in [6.45, 7) is 10.1. The molecule has 1 N–H and O–H groups in total. The second kappa shape index (κ2) is 9.29. The predicted octanol–water partition coefficient (Wildman–Crippen LogP) is 4.74. The van der Waals surface area contributed by atoms with Crippen LogP contribution in [-0.4, -0.2) is 44.8 Å². The van der Waals surface area contributed by atoms with E-state index in [-0.39, 0.29) is 9.77 Å². The summed E-state index contributed by atoms with van der Waals surface area (Å²) >= 11 is 1.15. The number of carbonyl (C=O) groups excluding carboxylic acids is 1. The van der Waals surface area contributed by atoms with E-state index in [0.717, 1.165) is 28.2 Å². The minimum atomic E-state index is -3.77. The summed E-state index contributed by atoms with van der Waals surface area (Å²) in [5.41, 5.74) is 6.36. The molecule has 0 saturated carbocycles. The summed E-state index contributed by atoms with van der Waals surface area (Å²) in [4.78, 5) is 15.5. The van der Waals surface area contributed by atoms with Crippen LogP contribution in [0.15, 0.2) is 52.7 Å². The Morgan fingerprint density at radius 3 is 2.27 bits per heavy atom. The number of nitrogens with one attached hydrogen (secondary N) is 1. The molecule has 1 aliphatic heterocycles. The third kappa shape index (κ3) is 4.83. The molecule has 1 aliphatic rings. The van der Waals surface area contributed by atoms with Crippen molar-refractivity contribution in [3.63, 3.8) is 0 Å². The van der Waals surface area contributed by atoms with Crippen molar-refractivity contribution in [2.24, 2.45) is 0 Å². The van der Waals surface area contributed by atoms with Crippen LogP contribution in [0, 0.1) is 27.7 Å². The van der Waals surface area contributed by atoms with Crippen molar-refractivity contribution in [2.75, 3.05) is 36.4 Å². The van der Waals surface area contributed by atoms with Gasteiger partial charge in [0, 0.05) is 37.6 Å². The molecule has 0 spiro atoms. The zero-order valence-electron chi connectivity index (χ0n) is 19.4. The molecule has 0 bridgehead atoms. The molecule has 0 aliphatic carbocycles. The summed E-state index contributed by atoms with van der Waals surface area (Å²) in [6.07, 6.45) is 0. The van der Waals surface area contributed by atoms with Crippen LogP contribution in [0.1, 0.15) is 31.9 Å². The lowest BCUT2D eigenvalue weighted by Crippen LogP contribution is -2.49. The molecule has 4 rings (SSSR count). The smallest absolute Gasteiger partial charge is 0.267 e. The van der Waals surface area contributed by atoms with Gasteiger partial charge in [-0.1, -0.05) is 18.2 Å². The standard InChI is InChI=1S/C25H29N3O3S2/c1-17-5-6-19(3)22(15-17)27-10-12-28(13-11-27)33(30,31)23-9-14-32-24(23)25(29)26-21-8-7-18(2)20(4)16-21/h5-9,14-16H,10-13H2,1-4H3,(H,26,29). The van der Waals surface area contributed by atoms with Gasteiger partial charge in [-0.2, -0.15) is 4.31 Å². The normalized spacial score (nSPS) is 15.0. The van der Waals surface area contributed by atoms with Crippen molar-refractivity contribution in [1.82, 2.24) is 4.31 Å². The summed E-state index contributed by atoms with van der Waals surface area (Å²) < 4.78 is 28.3. The zero-order chi connectivity index (χ0) is 23.8. The first-order valence-electron chi connectivity index (χ1n) is 11.0. The Bertz CT molecular complexity index is 1290. The largest absolute Gasteiger partial charge is 0.369 e. The quantitative estimate of drug-likeness (QED) is 0.569. The topological polar surface area (TPSA) is 69.7 Å². The third-order valence-electron chi connectivity index (χ3n) is 6.16. The molecule has 1 amide bonds. The van der Waals surface area contributed by atoms with E-state index < -0.39 is 15.9 Å². The summed E-state index contributed by atoms with van der Waals surface area (Å²) in [6, 6.07) is 13.5. The molecule has 3 aromatic rings. The average Bonchev–Trinajstić information content (AvgIpc) is 3.29. The molecule has 33 heavy (non-hydrogen) atoms. The Hall–Kier alpha value is -2.68. The minimum absolute atomic E-state index is 0.0778. The van der Waals surface area contributed by atoms with Gasteiger partial charge in [0.25, 0.3) is 5.91 Å². The fourth-order valence-electron chi connectivity index (χ4n) is 4.04. The van der Waals surface area contributed by atoms with Crippen LogP contribution < -0.4 is 10.2 Å². The van der Waals surface area contributed by atoms with E-state index in [1.807, 2.05) is 32.0 Å². The maximum Gasteiger partial charge on any atom is 0.267 e. The number of thiophene rings is 1. The highest BCUT2D eigenvalue weighted by atomic mass is 32.2. The maximum atomic E-state index is 13.4. The van der Waals surface area contributed by atoms with E-state index in [0.29, 0.717) is 31.9 Å². The van der Waals surface area contributed by atoms with E-state index in [1.54, 1.807) is 5.38 Å². The zero-order valence-corrected chi connectivity index (χ0v) is 21.0. The third-order valence-corrected chi connectivity index (χ3v) is 9.15. The van der Waals surface area contributed by atoms with Crippen LogP contribution >= 0.6 is 11.3 Å². The van der Waals surface area contributed by atoms with Crippen molar-refractivity contribution in [3.05, 3.63) is 75.0 Å². The van der Waals surface area contributed by atoms with Gasteiger partial charge < -0.3 is 10.2 Å². The number of piperazine rings is 1. The lowest BCUT2D eigenvalue weighted by molar-refractivity contribution is 0.102. The van der Waals surface area contributed by atoms with Gasteiger partial charge in [0.2, 0.25) is 10.0 Å². The van der Waals surface area contributed by atoms with Crippen LogP contribution in [0.3, 0.4) is 0 Å². The second-order valence-corrected chi connectivity index (χ2v) is 11.4. The Balaban J connectivity index is 1.50. The molecule has 0 atom stereocenters. The first-order chi connectivity index (χ1) is 15.7. The van der Waals surface area contributed by atoms with E-state index in [2.05, 4.69) is 42.3 Å². The number of rotatable bonds is 5. The van der Waals surface area contributed by atoms with Crippen LogP contribution in [0.5, 0.6) is 0 Å². The Morgan fingerprint density at radius 1 is 0.879 bits per heavy atom. The molecule has 2 aromatic carbocycles. The highest BCUT2D eigenvalue weighted by molar-refractivity contribution is 7.89. The van der Waals surface area contributed by atoms with E-state index >= 15 is 0 Å². The molecule has 1 fully saturated rings. The van der Waals surface area contributed by atoms with Crippen LogP contribution in [0.2, 0.25) is 0 Å². The van der Waals surface area contributed by atoms with Crippen LogP contribution in [0.25, 0.3) is 0 Å². The molecule has 1 saturated heterocycles. The fourth-order valence-corrected chi connectivity index (χ4v) is 6.76. The van der Waals surface area contributed by atoms with Gasteiger partial charge >= 0.3 is 0 Å². The molecule has 8 heteroatoms. The van der Waals surface area contributed by atoms with Gasteiger partial charge in [-0.15, -0.1) is 11.3 Å². The molecule has 1 aromatic heterocycles. The van der Waals surface area contributed by atoms with E-state index in [1.165, 1.54) is 21.5 Å². The molecular formula is C25H29N3O3S2. The van der Waals surface area contributed by atoms with Gasteiger partial charge in [0.05, 0.1) is 0 Å². The second-order valence-electron chi connectivity index (χ2n) is 8.55. The van der Waals surface area contributed by atoms with Crippen LogP contribution in [0.4, 0.5) is 11.4 Å². The van der Waals surface area contributed by atoms with Gasteiger partial charge in [0.1, 0.15) is 9.77 Å². The lowest BCUT2D eigenvalue weighted by Gasteiger charge is -2.36. The van der Waals surface area contributed by atoms with Crippen LogP contribution in [-0.2, 0) is 10.0 Å². The van der Waals surface area contributed by atoms with Crippen molar-refractivity contribution in [2.45, 2.75) is 32.6 Å². The number of hydrogen-bond donors (Lipinski definition) is 1. The minimum Gasteiger partial charge on any atom is -0.369 e. The first kappa shape index (κ1) is 23.5. The molecule has 0 radical (unpaired) electrons. The van der Waals surface area contributed by atoms with Crippen molar-refractivity contribution in [3.8, 4) is 0 Å². The number of carbonyl (C=O) groups is 1. The maximum absolute atomic E-state index is 13.4. The highest BCUT2D eigenvalue weighted by Crippen LogP contribution is 2.29. The predicted molar refractivity (Wildman–Crippen MR) is 135 cm³/mol. The van der Waals surface area contributed by atoms with Gasteiger partial charge in [-0.05, 0) is 79.6 Å². The van der Waals surface area contributed by atoms with Crippen molar-refractivity contribution in [1.29, 1.82) is 0 Å². The van der Waals surface area contributed by atoms with Crippen molar-refractivity contribution >= 4 is 38.6 Å². The lowest BCUT2D eigenvalue weighted by atomic mass is 10.1.